The summed E-state index contributed by atoms with van der Waals surface area (Å²) >= 11 is 3.21. The SMILES string of the molecule is COc1cc(OC=O)ncc1Br. The van der Waals surface area contributed by atoms with Crippen molar-refractivity contribution in [3.8, 4) is 11.6 Å². The van der Waals surface area contributed by atoms with Crippen LogP contribution in [0, 0.1) is 0 Å². The van der Waals surface area contributed by atoms with E-state index in [1.54, 1.807) is 0 Å². The highest BCUT2D eigenvalue weighted by molar-refractivity contribution is 9.10. The van der Waals surface area contributed by atoms with Gasteiger partial charge in [0.1, 0.15) is 5.75 Å². The molecule has 1 rings (SSSR count). The van der Waals surface area contributed by atoms with Gasteiger partial charge in [0, 0.05) is 12.3 Å². The summed E-state index contributed by atoms with van der Waals surface area (Å²) in [7, 11) is 1.52. The molecule has 0 saturated heterocycles. The number of ether oxygens (including phenoxy) is 2. The summed E-state index contributed by atoms with van der Waals surface area (Å²) in [5, 5.41) is 0. The Labute approximate surface area is 77.6 Å². The summed E-state index contributed by atoms with van der Waals surface area (Å²) in [4.78, 5) is 13.7. The van der Waals surface area contributed by atoms with E-state index in [0.29, 0.717) is 16.7 Å². The summed E-state index contributed by atoms with van der Waals surface area (Å²) in [6.45, 7) is 0.315. The Kier molecular flexibility index (Phi) is 3.04. The van der Waals surface area contributed by atoms with Crippen LogP contribution in [0.3, 0.4) is 0 Å². The molecule has 0 spiro atoms. The van der Waals surface area contributed by atoms with Gasteiger partial charge in [-0.05, 0) is 15.9 Å². The molecule has 0 unspecified atom stereocenters. The van der Waals surface area contributed by atoms with Crippen molar-refractivity contribution in [1.82, 2.24) is 4.98 Å². The van der Waals surface area contributed by atoms with Gasteiger partial charge in [-0.25, -0.2) is 4.98 Å². The second kappa shape index (κ2) is 4.06. The molecular formula is C7H6BrNO3. The monoisotopic (exact) mass is 231 g/mol. The normalized spacial score (nSPS) is 9.17. The molecule has 0 aliphatic heterocycles. The third kappa shape index (κ3) is 1.94. The van der Waals surface area contributed by atoms with Gasteiger partial charge in [0.2, 0.25) is 5.88 Å². The largest absolute Gasteiger partial charge is 0.495 e. The van der Waals surface area contributed by atoms with Gasteiger partial charge >= 0.3 is 0 Å². The number of halogens is 1. The second-order valence-electron chi connectivity index (χ2n) is 1.87. The number of hydrogen-bond acceptors (Lipinski definition) is 4. The number of aromatic nitrogens is 1. The molecule has 1 aromatic heterocycles. The molecule has 0 atom stereocenters. The van der Waals surface area contributed by atoms with Gasteiger partial charge in [-0.15, -0.1) is 0 Å². The molecule has 0 fully saturated rings. The standard InChI is InChI=1S/C7H6BrNO3/c1-11-6-2-7(12-4-10)9-3-5(6)8/h2-4H,1H3. The maximum atomic E-state index is 9.94. The molecule has 0 bridgehead atoms. The number of nitrogens with zero attached hydrogens (tertiary/aromatic N) is 1. The lowest BCUT2D eigenvalue weighted by Crippen LogP contribution is -1.93. The molecule has 4 nitrogen and oxygen atoms in total. The van der Waals surface area contributed by atoms with E-state index in [4.69, 9.17) is 4.74 Å². The molecule has 0 radical (unpaired) electrons. The smallest absolute Gasteiger partial charge is 0.299 e. The predicted molar refractivity (Wildman–Crippen MR) is 45.2 cm³/mol. The van der Waals surface area contributed by atoms with Gasteiger partial charge in [-0.2, -0.15) is 0 Å². The average Bonchev–Trinajstić information content (AvgIpc) is 2.09. The molecule has 12 heavy (non-hydrogen) atoms. The first-order chi connectivity index (χ1) is 5.77. The Bertz CT molecular complexity index is 290. The first-order valence-corrected chi connectivity index (χ1v) is 3.87. The molecule has 0 aromatic carbocycles. The fraction of sp³-hybridized carbons (Fsp3) is 0.143. The zero-order valence-electron chi connectivity index (χ0n) is 6.28. The summed E-state index contributed by atoms with van der Waals surface area (Å²) in [6.07, 6.45) is 1.50. The van der Waals surface area contributed by atoms with Crippen molar-refractivity contribution in [2.45, 2.75) is 0 Å². The van der Waals surface area contributed by atoms with E-state index in [1.807, 2.05) is 0 Å². The van der Waals surface area contributed by atoms with E-state index >= 15 is 0 Å². The van der Waals surface area contributed by atoms with Gasteiger partial charge in [0.15, 0.2) is 0 Å². The van der Waals surface area contributed by atoms with Gasteiger partial charge in [-0.3, -0.25) is 4.79 Å². The Morgan fingerprint density at radius 3 is 3.00 bits per heavy atom. The molecule has 0 aliphatic rings. The van der Waals surface area contributed by atoms with Crippen LogP contribution in [-0.2, 0) is 4.79 Å². The van der Waals surface area contributed by atoms with E-state index in [1.165, 1.54) is 19.4 Å². The minimum absolute atomic E-state index is 0.213. The summed E-state index contributed by atoms with van der Waals surface area (Å²) in [6, 6.07) is 1.51. The molecular weight excluding hydrogens is 226 g/mol. The van der Waals surface area contributed by atoms with Crippen LogP contribution in [0.4, 0.5) is 0 Å². The van der Waals surface area contributed by atoms with Crippen LogP contribution in [0.2, 0.25) is 0 Å². The third-order valence-corrected chi connectivity index (χ3v) is 1.78. The maximum Gasteiger partial charge on any atom is 0.299 e. The zero-order chi connectivity index (χ0) is 8.97. The molecule has 0 amide bonds. The highest BCUT2D eigenvalue weighted by Gasteiger charge is 2.02. The fourth-order valence-electron chi connectivity index (χ4n) is 0.672. The second-order valence-corrected chi connectivity index (χ2v) is 2.73. The summed E-state index contributed by atoms with van der Waals surface area (Å²) < 4.78 is 10.2. The topological polar surface area (TPSA) is 48.4 Å². The molecule has 64 valence electrons. The van der Waals surface area contributed by atoms with E-state index in [0.717, 1.165) is 0 Å². The van der Waals surface area contributed by atoms with Crippen LogP contribution >= 0.6 is 15.9 Å². The first-order valence-electron chi connectivity index (χ1n) is 3.07. The molecule has 1 aromatic rings. The quantitative estimate of drug-likeness (QED) is 0.738. The van der Waals surface area contributed by atoms with Crippen LogP contribution < -0.4 is 9.47 Å². The highest BCUT2D eigenvalue weighted by atomic mass is 79.9. The lowest BCUT2D eigenvalue weighted by atomic mass is 10.4. The van der Waals surface area contributed by atoms with Gasteiger partial charge in [0.25, 0.3) is 6.47 Å². The van der Waals surface area contributed by atoms with Crippen LogP contribution in [0.1, 0.15) is 0 Å². The minimum atomic E-state index is 0.213. The number of pyridine rings is 1. The number of carbonyl (C=O) groups is 1. The lowest BCUT2D eigenvalue weighted by molar-refractivity contribution is -0.120. The highest BCUT2D eigenvalue weighted by Crippen LogP contribution is 2.26. The van der Waals surface area contributed by atoms with Crippen LogP contribution in [0.25, 0.3) is 0 Å². The Hall–Kier alpha value is -1.10. The molecule has 0 aliphatic carbocycles. The number of hydrogen-bond donors (Lipinski definition) is 0. The van der Waals surface area contributed by atoms with Crippen molar-refractivity contribution in [3.63, 3.8) is 0 Å². The Morgan fingerprint density at radius 1 is 1.67 bits per heavy atom. The zero-order valence-corrected chi connectivity index (χ0v) is 7.87. The van der Waals surface area contributed by atoms with Gasteiger partial charge < -0.3 is 9.47 Å². The van der Waals surface area contributed by atoms with Crippen LogP contribution in [-0.4, -0.2) is 18.6 Å². The summed E-state index contributed by atoms with van der Waals surface area (Å²) in [5.41, 5.74) is 0. The van der Waals surface area contributed by atoms with E-state index in [2.05, 4.69) is 25.7 Å². The Morgan fingerprint density at radius 2 is 2.42 bits per heavy atom. The first kappa shape index (κ1) is 8.99. The van der Waals surface area contributed by atoms with Crippen molar-refractivity contribution in [1.29, 1.82) is 0 Å². The third-order valence-electron chi connectivity index (χ3n) is 1.18. The van der Waals surface area contributed by atoms with Crippen LogP contribution in [0.5, 0.6) is 11.6 Å². The summed E-state index contributed by atoms with van der Waals surface area (Å²) in [5.74, 6) is 0.784. The maximum absolute atomic E-state index is 9.94. The molecule has 0 saturated carbocycles. The van der Waals surface area contributed by atoms with E-state index in [9.17, 15) is 4.79 Å². The average molecular weight is 232 g/mol. The molecule has 1 heterocycles. The van der Waals surface area contributed by atoms with Crippen LogP contribution in [0.15, 0.2) is 16.7 Å². The van der Waals surface area contributed by atoms with E-state index in [-0.39, 0.29) is 5.88 Å². The van der Waals surface area contributed by atoms with Crippen molar-refractivity contribution >= 4 is 22.4 Å². The van der Waals surface area contributed by atoms with E-state index < -0.39 is 0 Å². The fourth-order valence-corrected chi connectivity index (χ4v) is 1.05. The predicted octanol–water partition coefficient (Wildman–Crippen LogP) is 1.39. The van der Waals surface area contributed by atoms with Crippen molar-refractivity contribution < 1.29 is 14.3 Å². The van der Waals surface area contributed by atoms with Crippen molar-refractivity contribution in [2.24, 2.45) is 0 Å². The molecule has 5 heteroatoms. The van der Waals surface area contributed by atoms with Crippen molar-refractivity contribution in [3.05, 3.63) is 16.7 Å². The van der Waals surface area contributed by atoms with Gasteiger partial charge in [-0.1, -0.05) is 0 Å². The minimum Gasteiger partial charge on any atom is -0.495 e. The van der Waals surface area contributed by atoms with Crippen molar-refractivity contribution in [2.75, 3.05) is 7.11 Å². The molecule has 0 N–H and O–H groups in total. The Balaban J connectivity index is 2.96. The lowest BCUT2D eigenvalue weighted by Gasteiger charge is -2.02. The number of methoxy groups -OCH3 is 1. The number of carbonyl (C=O) groups excluding carboxylic acids is 1. The van der Waals surface area contributed by atoms with Gasteiger partial charge in [0.05, 0.1) is 11.6 Å². The number of rotatable bonds is 3.